The lowest BCUT2D eigenvalue weighted by Gasteiger charge is -2.32. The SMILES string of the molecule is COc1ccc(C(=O)Nc2ccnn2C2CCN(C(=O)c3c(C)noc3C)CC2)cc1. The normalized spacial score (nSPS) is 14.5. The molecule has 9 heteroatoms. The van der Waals surface area contributed by atoms with Gasteiger partial charge in [0.25, 0.3) is 11.8 Å². The number of rotatable bonds is 5. The molecule has 2 amide bonds. The Morgan fingerprint density at radius 2 is 1.84 bits per heavy atom. The average Bonchev–Trinajstić information content (AvgIpc) is 3.39. The maximum Gasteiger partial charge on any atom is 0.259 e. The fourth-order valence-corrected chi connectivity index (χ4v) is 3.90. The predicted molar refractivity (Wildman–Crippen MR) is 113 cm³/mol. The number of anilines is 1. The number of piperidine rings is 1. The topological polar surface area (TPSA) is 102 Å². The molecule has 1 aromatic carbocycles. The third-order valence-electron chi connectivity index (χ3n) is 5.61. The van der Waals surface area contributed by atoms with E-state index < -0.39 is 0 Å². The van der Waals surface area contributed by atoms with Crippen molar-refractivity contribution in [2.75, 3.05) is 25.5 Å². The molecule has 1 aliphatic rings. The van der Waals surface area contributed by atoms with Crippen LogP contribution in [0.3, 0.4) is 0 Å². The Labute approximate surface area is 180 Å². The Balaban J connectivity index is 1.40. The molecule has 0 unspecified atom stereocenters. The summed E-state index contributed by atoms with van der Waals surface area (Å²) in [6.07, 6.45) is 3.15. The van der Waals surface area contributed by atoms with E-state index in [-0.39, 0.29) is 17.9 Å². The number of aryl methyl sites for hydroxylation is 2. The van der Waals surface area contributed by atoms with Crippen LogP contribution in [0, 0.1) is 13.8 Å². The van der Waals surface area contributed by atoms with Crippen molar-refractivity contribution in [2.24, 2.45) is 0 Å². The zero-order valence-electron chi connectivity index (χ0n) is 17.8. The molecule has 1 aliphatic heterocycles. The van der Waals surface area contributed by atoms with Crippen LogP contribution in [0.1, 0.15) is 51.1 Å². The van der Waals surface area contributed by atoms with Gasteiger partial charge >= 0.3 is 0 Å². The minimum absolute atomic E-state index is 0.0526. The summed E-state index contributed by atoms with van der Waals surface area (Å²) in [7, 11) is 1.58. The average molecular weight is 423 g/mol. The summed E-state index contributed by atoms with van der Waals surface area (Å²) >= 11 is 0. The lowest BCUT2D eigenvalue weighted by molar-refractivity contribution is 0.0688. The molecule has 3 aromatic rings. The number of amides is 2. The number of likely N-dealkylation sites (tertiary alicyclic amines) is 1. The first-order chi connectivity index (χ1) is 15.0. The molecule has 9 nitrogen and oxygen atoms in total. The van der Waals surface area contributed by atoms with Gasteiger partial charge in [0.05, 0.1) is 25.0 Å². The zero-order chi connectivity index (χ0) is 22.0. The summed E-state index contributed by atoms with van der Waals surface area (Å²) in [5.41, 5.74) is 1.69. The Hall–Kier alpha value is -3.62. The highest BCUT2D eigenvalue weighted by Crippen LogP contribution is 2.27. The van der Waals surface area contributed by atoms with E-state index in [0.29, 0.717) is 47.2 Å². The van der Waals surface area contributed by atoms with Crippen LogP contribution in [0.15, 0.2) is 41.1 Å². The third-order valence-corrected chi connectivity index (χ3v) is 5.61. The van der Waals surface area contributed by atoms with E-state index in [1.54, 1.807) is 57.5 Å². The number of benzene rings is 1. The van der Waals surface area contributed by atoms with Gasteiger partial charge in [0, 0.05) is 24.7 Å². The van der Waals surface area contributed by atoms with Crippen molar-refractivity contribution in [3.05, 3.63) is 59.1 Å². The molecule has 0 spiro atoms. The maximum absolute atomic E-state index is 12.8. The summed E-state index contributed by atoms with van der Waals surface area (Å²) in [4.78, 5) is 27.3. The minimum atomic E-state index is -0.213. The predicted octanol–water partition coefficient (Wildman–Crippen LogP) is 3.23. The van der Waals surface area contributed by atoms with Crippen LogP contribution in [-0.2, 0) is 0 Å². The van der Waals surface area contributed by atoms with E-state index in [9.17, 15) is 9.59 Å². The van der Waals surface area contributed by atoms with Crippen LogP contribution < -0.4 is 10.1 Å². The molecule has 3 heterocycles. The van der Waals surface area contributed by atoms with Gasteiger partial charge in [-0.25, -0.2) is 4.68 Å². The van der Waals surface area contributed by atoms with Gasteiger partial charge in [-0.15, -0.1) is 0 Å². The number of methoxy groups -OCH3 is 1. The number of nitrogens with zero attached hydrogens (tertiary/aromatic N) is 4. The Morgan fingerprint density at radius 1 is 1.13 bits per heavy atom. The summed E-state index contributed by atoms with van der Waals surface area (Å²) in [5, 5.41) is 11.2. The van der Waals surface area contributed by atoms with Gasteiger partial charge in [0.1, 0.15) is 22.9 Å². The van der Waals surface area contributed by atoms with Gasteiger partial charge < -0.3 is 19.5 Å². The largest absolute Gasteiger partial charge is 0.497 e. The molecule has 2 aromatic heterocycles. The summed E-state index contributed by atoms with van der Waals surface area (Å²) in [6.45, 7) is 4.72. The van der Waals surface area contributed by atoms with E-state index in [4.69, 9.17) is 9.26 Å². The number of carbonyl (C=O) groups excluding carboxylic acids is 2. The molecule has 0 saturated carbocycles. The smallest absolute Gasteiger partial charge is 0.259 e. The second kappa shape index (κ2) is 8.63. The molecule has 0 bridgehead atoms. The number of hydrogen-bond acceptors (Lipinski definition) is 6. The maximum atomic E-state index is 12.8. The quantitative estimate of drug-likeness (QED) is 0.676. The van der Waals surface area contributed by atoms with Crippen molar-refractivity contribution in [1.29, 1.82) is 0 Å². The van der Waals surface area contributed by atoms with Crippen molar-refractivity contribution >= 4 is 17.6 Å². The molecule has 0 radical (unpaired) electrons. The molecule has 1 fully saturated rings. The van der Waals surface area contributed by atoms with Gasteiger partial charge in [-0.05, 0) is 51.0 Å². The molecule has 4 rings (SSSR count). The minimum Gasteiger partial charge on any atom is -0.497 e. The van der Waals surface area contributed by atoms with Crippen LogP contribution in [0.2, 0.25) is 0 Å². The van der Waals surface area contributed by atoms with Gasteiger partial charge in [-0.1, -0.05) is 5.16 Å². The number of hydrogen-bond donors (Lipinski definition) is 1. The third kappa shape index (κ3) is 4.16. The Morgan fingerprint density at radius 3 is 2.45 bits per heavy atom. The highest BCUT2D eigenvalue weighted by Gasteiger charge is 2.29. The monoisotopic (exact) mass is 423 g/mol. The van der Waals surface area contributed by atoms with Gasteiger partial charge in [-0.3, -0.25) is 9.59 Å². The van der Waals surface area contributed by atoms with E-state index in [2.05, 4.69) is 15.6 Å². The van der Waals surface area contributed by atoms with Crippen LogP contribution in [0.4, 0.5) is 5.82 Å². The number of aromatic nitrogens is 3. The Kier molecular flexibility index (Phi) is 5.75. The second-order valence-electron chi connectivity index (χ2n) is 7.57. The van der Waals surface area contributed by atoms with Crippen LogP contribution >= 0.6 is 0 Å². The first kappa shape index (κ1) is 20.6. The standard InChI is InChI=1S/C22H25N5O4/c1-14-20(15(2)31-25-14)22(29)26-12-9-17(10-13-26)27-19(8-11-23-27)24-21(28)16-4-6-18(30-3)7-5-16/h4-8,11,17H,9-10,12-13H2,1-3H3,(H,24,28). The van der Waals surface area contributed by atoms with Crippen LogP contribution in [0.25, 0.3) is 0 Å². The molecule has 1 N–H and O–H groups in total. The van der Waals surface area contributed by atoms with E-state index >= 15 is 0 Å². The number of ether oxygens (including phenoxy) is 1. The van der Waals surface area contributed by atoms with Crippen molar-refractivity contribution < 1.29 is 18.8 Å². The first-order valence-electron chi connectivity index (χ1n) is 10.2. The summed E-state index contributed by atoms with van der Waals surface area (Å²) in [5.74, 6) is 1.61. The van der Waals surface area contributed by atoms with E-state index in [1.165, 1.54) is 0 Å². The molecule has 0 atom stereocenters. The molecule has 162 valence electrons. The summed E-state index contributed by atoms with van der Waals surface area (Å²) < 4.78 is 12.1. The van der Waals surface area contributed by atoms with E-state index in [1.807, 2.05) is 9.58 Å². The molecule has 0 aliphatic carbocycles. The lowest BCUT2D eigenvalue weighted by Crippen LogP contribution is -2.39. The van der Waals surface area contributed by atoms with Gasteiger partial charge in [0.2, 0.25) is 0 Å². The van der Waals surface area contributed by atoms with Crippen molar-refractivity contribution in [2.45, 2.75) is 32.7 Å². The van der Waals surface area contributed by atoms with Gasteiger partial charge in [0.15, 0.2) is 0 Å². The van der Waals surface area contributed by atoms with Crippen molar-refractivity contribution in [3.8, 4) is 5.75 Å². The first-order valence-corrected chi connectivity index (χ1v) is 10.2. The molecule has 1 saturated heterocycles. The molecular weight excluding hydrogens is 398 g/mol. The fourth-order valence-electron chi connectivity index (χ4n) is 3.90. The molecule has 31 heavy (non-hydrogen) atoms. The van der Waals surface area contributed by atoms with Crippen molar-refractivity contribution in [1.82, 2.24) is 19.8 Å². The van der Waals surface area contributed by atoms with Crippen LogP contribution in [0.5, 0.6) is 5.75 Å². The molecular formula is C22H25N5O4. The van der Waals surface area contributed by atoms with Crippen molar-refractivity contribution in [3.63, 3.8) is 0 Å². The lowest BCUT2D eigenvalue weighted by atomic mass is 10.0. The zero-order valence-corrected chi connectivity index (χ0v) is 17.8. The summed E-state index contributed by atoms with van der Waals surface area (Å²) in [6, 6.07) is 8.80. The highest BCUT2D eigenvalue weighted by atomic mass is 16.5. The van der Waals surface area contributed by atoms with Crippen LogP contribution in [-0.4, -0.2) is 51.9 Å². The van der Waals surface area contributed by atoms with E-state index in [0.717, 1.165) is 12.8 Å². The van der Waals surface area contributed by atoms with Gasteiger partial charge in [-0.2, -0.15) is 5.10 Å². The second-order valence-corrected chi connectivity index (χ2v) is 7.57. The number of nitrogens with one attached hydrogen (secondary N) is 1. The highest BCUT2D eigenvalue weighted by molar-refractivity contribution is 6.03. The fraction of sp³-hybridized carbons (Fsp3) is 0.364. The Bertz CT molecular complexity index is 1060. The number of carbonyl (C=O) groups is 2.